The average molecular weight is 218 g/mol. The van der Waals surface area contributed by atoms with Gasteiger partial charge in [-0.3, -0.25) is 4.79 Å². The molecule has 0 bridgehead atoms. The van der Waals surface area contributed by atoms with Crippen LogP contribution >= 0.6 is 11.5 Å². The van der Waals surface area contributed by atoms with Gasteiger partial charge in [0, 0.05) is 10.9 Å². The van der Waals surface area contributed by atoms with E-state index in [1.54, 1.807) is 5.38 Å². The third-order valence-corrected chi connectivity index (χ3v) is 2.95. The van der Waals surface area contributed by atoms with Crippen molar-refractivity contribution < 1.29 is 4.79 Å². The molecule has 0 amide bonds. The highest BCUT2D eigenvalue weighted by atomic mass is 32.1. The Morgan fingerprint density at radius 1 is 1.33 bits per heavy atom. The first kappa shape index (κ1) is 9.98. The smallest absolute Gasteiger partial charge is 0.214 e. The van der Waals surface area contributed by atoms with Crippen LogP contribution in [0.15, 0.2) is 23.6 Å². The van der Waals surface area contributed by atoms with Gasteiger partial charge in [-0.15, -0.1) is 5.10 Å². The zero-order valence-electron chi connectivity index (χ0n) is 8.52. The van der Waals surface area contributed by atoms with E-state index < -0.39 is 0 Å². The molecular formula is C11H10N2OS. The van der Waals surface area contributed by atoms with Gasteiger partial charge in [0.15, 0.2) is 0 Å². The zero-order chi connectivity index (χ0) is 10.8. The SMILES string of the molecule is Cc1cccc(C(=O)c2csnn2)c1C. The summed E-state index contributed by atoms with van der Waals surface area (Å²) < 4.78 is 3.69. The van der Waals surface area contributed by atoms with Crippen LogP contribution in [0.4, 0.5) is 0 Å². The molecule has 0 radical (unpaired) electrons. The van der Waals surface area contributed by atoms with E-state index in [1.807, 2.05) is 32.0 Å². The molecule has 0 fully saturated rings. The van der Waals surface area contributed by atoms with Crippen LogP contribution in [0.5, 0.6) is 0 Å². The lowest BCUT2D eigenvalue weighted by Gasteiger charge is -2.05. The number of carbonyl (C=O) groups excluding carboxylic acids is 1. The fraction of sp³-hybridized carbons (Fsp3) is 0.182. The molecule has 1 aromatic carbocycles. The molecule has 0 saturated heterocycles. The predicted molar refractivity (Wildman–Crippen MR) is 59.3 cm³/mol. The lowest BCUT2D eigenvalue weighted by Crippen LogP contribution is -2.05. The molecule has 2 aromatic rings. The summed E-state index contributed by atoms with van der Waals surface area (Å²) in [5.41, 5.74) is 3.26. The molecule has 0 aliphatic carbocycles. The highest BCUT2D eigenvalue weighted by Crippen LogP contribution is 2.16. The number of rotatable bonds is 2. The molecule has 76 valence electrons. The van der Waals surface area contributed by atoms with E-state index in [9.17, 15) is 4.79 Å². The molecule has 3 nitrogen and oxygen atoms in total. The first-order chi connectivity index (χ1) is 7.20. The van der Waals surface area contributed by atoms with Crippen LogP contribution in [0.3, 0.4) is 0 Å². The summed E-state index contributed by atoms with van der Waals surface area (Å²) in [4.78, 5) is 12.0. The van der Waals surface area contributed by atoms with Crippen LogP contribution in [0.2, 0.25) is 0 Å². The Morgan fingerprint density at radius 2 is 2.13 bits per heavy atom. The summed E-state index contributed by atoms with van der Waals surface area (Å²) in [6.07, 6.45) is 0. The minimum atomic E-state index is -0.0510. The van der Waals surface area contributed by atoms with Crippen molar-refractivity contribution >= 4 is 17.3 Å². The number of nitrogens with zero attached hydrogens (tertiary/aromatic N) is 2. The standard InChI is InChI=1S/C11H10N2OS/c1-7-4-3-5-9(8(7)2)11(14)10-6-15-13-12-10/h3-6H,1-2H3. The van der Waals surface area contributed by atoms with Crippen LogP contribution in [-0.4, -0.2) is 15.4 Å². The van der Waals surface area contributed by atoms with Gasteiger partial charge in [0.25, 0.3) is 0 Å². The maximum absolute atomic E-state index is 12.0. The number of aryl methyl sites for hydroxylation is 1. The minimum absolute atomic E-state index is 0.0510. The molecule has 1 aromatic heterocycles. The highest BCUT2D eigenvalue weighted by molar-refractivity contribution is 7.03. The van der Waals surface area contributed by atoms with E-state index in [1.165, 1.54) is 11.5 Å². The Labute approximate surface area is 91.9 Å². The van der Waals surface area contributed by atoms with Crippen LogP contribution < -0.4 is 0 Å². The van der Waals surface area contributed by atoms with Crippen molar-refractivity contribution in [2.24, 2.45) is 0 Å². The predicted octanol–water partition coefficient (Wildman–Crippen LogP) is 2.39. The van der Waals surface area contributed by atoms with Crippen LogP contribution in [0.25, 0.3) is 0 Å². The van der Waals surface area contributed by atoms with Gasteiger partial charge < -0.3 is 0 Å². The molecule has 0 saturated carbocycles. The molecule has 2 rings (SSSR count). The van der Waals surface area contributed by atoms with Crippen molar-refractivity contribution in [2.45, 2.75) is 13.8 Å². The Hall–Kier alpha value is -1.55. The number of ketones is 1. The lowest BCUT2D eigenvalue weighted by molar-refractivity contribution is 0.103. The number of benzene rings is 1. The Balaban J connectivity index is 2.47. The van der Waals surface area contributed by atoms with Crippen molar-refractivity contribution in [3.63, 3.8) is 0 Å². The van der Waals surface area contributed by atoms with Gasteiger partial charge in [0.05, 0.1) is 0 Å². The fourth-order valence-corrected chi connectivity index (χ4v) is 1.83. The normalized spacial score (nSPS) is 10.3. The first-order valence-corrected chi connectivity index (χ1v) is 5.42. The summed E-state index contributed by atoms with van der Waals surface area (Å²) in [5, 5.41) is 5.45. The summed E-state index contributed by atoms with van der Waals surface area (Å²) in [6.45, 7) is 3.94. The Bertz CT molecular complexity index is 491. The number of hydrogen-bond acceptors (Lipinski definition) is 4. The summed E-state index contributed by atoms with van der Waals surface area (Å²) in [5.74, 6) is -0.0510. The van der Waals surface area contributed by atoms with Crippen LogP contribution in [-0.2, 0) is 0 Å². The Kier molecular flexibility index (Phi) is 2.60. The lowest BCUT2D eigenvalue weighted by atomic mass is 9.99. The van der Waals surface area contributed by atoms with E-state index >= 15 is 0 Å². The maximum atomic E-state index is 12.0. The van der Waals surface area contributed by atoms with Crippen molar-refractivity contribution in [1.82, 2.24) is 9.59 Å². The fourth-order valence-electron chi connectivity index (χ4n) is 1.40. The first-order valence-electron chi connectivity index (χ1n) is 4.58. The second kappa shape index (κ2) is 3.90. The van der Waals surface area contributed by atoms with Crippen molar-refractivity contribution in [1.29, 1.82) is 0 Å². The topological polar surface area (TPSA) is 42.9 Å². The molecular weight excluding hydrogens is 208 g/mol. The van der Waals surface area contributed by atoms with Gasteiger partial charge in [0.1, 0.15) is 5.69 Å². The number of aromatic nitrogens is 2. The summed E-state index contributed by atoms with van der Waals surface area (Å²) in [7, 11) is 0. The summed E-state index contributed by atoms with van der Waals surface area (Å²) in [6, 6.07) is 5.70. The van der Waals surface area contributed by atoms with Crippen LogP contribution in [0.1, 0.15) is 27.2 Å². The molecule has 0 atom stereocenters. The van der Waals surface area contributed by atoms with Gasteiger partial charge in [0.2, 0.25) is 5.78 Å². The van der Waals surface area contributed by atoms with Gasteiger partial charge in [-0.05, 0) is 36.5 Å². The third-order valence-electron chi connectivity index (χ3n) is 2.44. The van der Waals surface area contributed by atoms with E-state index in [-0.39, 0.29) is 5.78 Å². The molecule has 0 aliphatic heterocycles. The Morgan fingerprint density at radius 3 is 2.80 bits per heavy atom. The second-order valence-corrected chi connectivity index (χ2v) is 3.98. The molecule has 0 unspecified atom stereocenters. The third kappa shape index (κ3) is 1.80. The van der Waals surface area contributed by atoms with Gasteiger partial charge in [-0.1, -0.05) is 22.7 Å². The highest BCUT2D eigenvalue weighted by Gasteiger charge is 2.14. The molecule has 0 N–H and O–H groups in total. The van der Waals surface area contributed by atoms with Gasteiger partial charge in [-0.2, -0.15) is 0 Å². The number of hydrogen-bond donors (Lipinski definition) is 0. The molecule has 1 heterocycles. The van der Waals surface area contributed by atoms with E-state index in [0.717, 1.165) is 11.1 Å². The molecule has 0 aliphatic rings. The van der Waals surface area contributed by atoms with Gasteiger partial charge in [-0.25, -0.2) is 0 Å². The average Bonchev–Trinajstić information content (AvgIpc) is 2.74. The van der Waals surface area contributed by atoms with Gasteiger partial charge >= 0.3 is 0 Å². The molecule has 15 heavy (non-hydrogen) atoms. The van der Waals surface area contributed by atoms with E-state index in [2.05, 4.69) is 9.59 Å². The monoisotopic (exact) mass is 218 g/mol. The van der Waals surface area contributed by atoms with E-state index in [4.69, 9.17) is 0 Å². The largest absolute Gasteiger partial charge is 0.287 e. The molecule has 0 spiro atoms. The maximum Gasteiger partial charge on any atom is 0.214 e. The van der Waals surface area contributed by atoms with Crippen molar-refractivity contribution in [3.05, 3.63) is 46.0 Å². The second-order valence-electron chi connectivity index (χ2n) is 3.37. The number of carbonyl (C=O) groups is 1. The summed E-state index contributed by atoms with van der Waals surface area (Å²) >= 11 is 1.19. The van der Waals surface area contributed by atoms with Crippen LogP contribution in [0, 0.1) is 13.8 Å². The van der Waals surface area contributed by atoms with Crippen molar-refractivity contribution in [2.75, 3.05) is 0 Å². The van der Waals surface area contributed by atoms with E-state index in [0.29, 0.717) is 11.3 Å². The quantitative estimate of drug-likeness (QED) is 0.727. The molecule has 4 heteroatoms. The van der Waals surface area contributed by atoms with Crippen molar-refractivity contribution in [3.8, 4) is 0 Å². The zero-order valence-corrected chi connectivity index (χ0v) is 9.34. The minimum Gasteiger partial charge on any atom is -0.287 e.